The van der Waals surface area contributed by atoms with Crippen LogP contribution in [0, 0.1) is 0 Å². The lowest BCUT2D eigenvalue weighted by Gasteiger charge is -2.12. The molecule has 0 rings (SSSR count). The maximum atomic E-state index is 9.33. The largest absolute Gasteiger partial charge is 0.397 e. The van der Waals surface area contributed by atoms with Crippen molar-refractivity contribution in [2.45, 2.75) is 20.0 Å². The number of hydrogen-bond acceptors (Lipinski definition) is 5. The van der Waals surface area contributed by atoms with Crippen molar-refractivity contribution in [2.24, 2.45) is 0 Å². The third-order valence-corrected chi connectivity index (χ3v) is 1.05. The van der Waals surface area contributed by atoms with Gasteiger partial charge in [-0.05, 0) is 13.8 Å². The maximum Gasteiger partial charge on any atom is 0.397 e. The smallest absolute Gasteiger partial charge is 0.297 e. The van der Waals surface area contributed by atoms with Crippen LogP contribution in [-0.2, 0) is 19.4 Å². The molecule has 0 unspecified atom stereocenters. The molecule has 0 spiro atoms. The molecule has 6 nitrogen and oxygen atoms in total. The van der Waals surface area contributed by atoms with E-state index in [0.29, 0.717) is 6.10 Å². The van der Waals surface area contributed by atoms with E-state index >= 15 is 0 Å². The first-order valence-corrected chi connectivity index (χ1v) is 4.92. The summed E-state index contributed by atoms with van der Waals surface area (Å²) >= 11 is 0. The molecule has 0 aliphatic carbocycles. The number of nitrogens with zero attached hydrogens (tertiary/aromatic N) is 1. The minimum Gasteiger partial charge on any atom is -0.297 e. The van der Waals surface area contributed by atoms with Crippen LogP contribution in [0.5, 0.6) is 0 Å². The summed E-state index contributed by atoms with van der Waals surface area (Å²) in [6.07, 6.45) is 0.301. The lowest BCUT2D eigenvalue weighted by Crippen LogP contribution is -2.17. The van der Waals surface area contributed by atoms with Gasteiger partial charge in [-0.15, -0.1) is 0 Å². The van der Waals surface area contributed by atoms with Crippen molar-refractivity contribution in [3.8, 4) is 0 Å². The fourth-order valence-electron chi connectivity index (χ4n) is 0.422. The molecule has 0 aromatic rings. The minimum absolute atomic E-state index is 0.301. The highest BCUT2D eigenvalue weighted by molar-refractivity contribution is 7.80. The van der Waals surface area contributed by atoms with Gasteiger partial charge in [-0.1, -0.05) is 0 Å². The molecule has 0 aromatic heterocycles. The van der Waals surface area contributed by atoms with E-state index in [0.717, 1.165) is 7.11 Å². The Kier molecular flexibility index (Phi) is 8.48. The molecule has 0 radical (unpaired) electrons. The zero-order valence-electron chi connectivity index (χ0n) is 8.51. The molecule has 0 heterocycles. The molecule has 0 saturated heterocycles. The second kappa shape index (κ2) is 7.22. The summed E-state index contributed by atoms with van der Waals surface area (Å²) in [6, 6.07) is 0. The normalized spacial score (nSPS) is 11.4. The number of rotatable bonds is 3. The summed E-state index contributed by atoms with van der Waals surface area (Å²) in [5.74, 6) is 0. The average molecular weight is 215 g/mol. The summed E-state index contributed by atoms with van der Waals surface area (Å²) in [4.78, 5) is 5.08. The molecule has 0 saturated carbocycles. The first-order chi connectivity index (χ1) is 5.69. The van der Waals surface area contributed by atoms with Gasteiger partial charge < -0.3 is 0 Å². The molecule has 0 aliphatic heterocycles. The topological polar surface area (TPSA) is 76.1 Å². The molecule has 0 fully saturated rings. The van der Waals surface area contributed by atoms with Gasteiger partial charge in [0.25, 0.3) is 0 Å². The Bertz CT molecular complexity index is 193. The van der Waals surface area contributed by atoms with E-state index in [4.69, 9.17) is 9.39 Å². The van der Waals surface area contributed by atoms with Crippen LogP contribution in [0.15, 0.2) is 0 Å². The van der Waals surface area contributed by atoms with Crippen molar-refractivity contribution in [1.82, 2.24) is 5.06 Å². The standard InChI is InChI=1S/C5H13NO.CH4O4S/c1-5(2)7-6(3)4;1-5-6(2,3)4/h5H,1-4H3;1H3,(H,2,3,4). The Morgan fingerprint density at radius 2 is 1.62 bits per heavy atom. The molecule has 7 heteroatoms. The van der Waals surface area contributed by atoms with E-state index in [9.17, 15) is 8.42 Å². The Hall–Kier alpha value is -0.210. The van der Waals surface area contributed by atoms with Crippen molar-refractivity contribution >= 4 is 10.4 Å². The van der Waals surface area contributed by atoms with Crippen LogP contribution >= 0.6 is 0 Å². The summed E-state index contributed by atoms with van der Waals surface area (Å²) in [5.41, 5.74) is 0. The van der Waals surface area contributed by atoms with Crippen LogP contribution in [0.4, 0.5) is 0 Å². The molecule has 0 atom stereocenters. The van der Waals surface area contributed by atoms with Crippen LogP contribution in [-0.4, -0.2) is 45.3 Å². The Morgan fingerprint density at radius 3 is 1.62 bits per heavy atom. The van der Waals surface area contributed by atoms with Gasteiger partial charge in [-0.3, -0.25) is 13.6 Å². The van der Waals surface area contributed by atoms with Crippen LogP contribution in [0.25, 0.3) is 0 Å². The fraction of sp³-hybridized carbons (Fsp3) is 1.00. The summed E-state index contributed by atoms with van der Waals surface area (Å²) in [5, 5.41) is 1.70. The van der Waals surface area contributed by atoms with Crippen molar-refractivity contribution in [1.29, 1.82) is 0 Å². The second-order valence-electron chi connectivity index (χ2n) is 2.56. The predicted molar refractivity (Wildman–Crippen MR) is 48.5 cm³/mol. The third kappa shape index (κ3) is 24.5. The molecular weight excluding hydrogens is 198 g/mol. The van der Waals surface area contributed by atoms with Gasteiger partial charge in [0.1, 0.15) is 0 Å². The van der Waals surface area contributed by atoms with Gasteiger partial charge in [0.2, 0.25) is 0 Å². The second-order valence-corrected chi connectivity index (χ2v) is 3.75. The highest BCUT2D eigenvalue weighted by atomic mass is 32.3. The molecular formula is C6H17NO5S. The number of hydrogen-bond donors (Lipinski definition) is 1. The van der Waals surface area contributed by atoms with Gasteiger partial charge in [0.15, 0.2) is 0 Å². The molecule has 13 heavy (non-hydrogen) atoms. The number of hydroxylamine groups is 2. The predicted octanol–water partition coefficient (Wildman–Crippen LogP) is 0.324. The maximum absolute atomic E-state index is 9.33. The van der Waals surface area contributed by atoms with Crippen LogP contribution in [0.3, 0.4) is 0 Å². The first kappa shape index (κ1) is 15.3. The van der Waals surface area contributed by atoms with Crippen molar-refractivity contribution < 1.29 is 22.0 Å². The molecule has 82 valence electrons. The highest BCUT2D eigenvalue weighted by Gasteiger charge is 1.94. The summed E-state index contributed by atoms with van der Waals surface area (Å²) in [6.45, 7) is 4.00. The highest BCUT2D eigenvalue weighted by Crippen LogP contribution is 1.87. The van der Waals surface area contributed by atoms with Crippen molar-refractivity contribution in [2.75, 3.05) is 21.2 Å². The van der Waals surface area contributed by atoms with E-state index in [2.05, 4.69) is 4.18 Å². The quantitative estimate of drug-likeness (QED) is 0.540. The molecule has 0 aliphatic rings. The Labute approximate surface area is 79.3 Å². The summed E-state index contributed by atoms with van der Waals surface area (Å²) < 4.78 is 29.7. The molecule has 0 amide bonds. The first-order valence-electron chi connectivity index (χ1n) is 3.56. The molecule has 0 bridgehead atoms. The van der Waals surface area contributed by atoms with Gasteiger partial charge >= 0.3 is 10.4 Å². The average Bonchev–Trinajstić information content (AvgIpc) is 1.84. The minimum atomic E-state index is -4.16. The van der Waals surface area contributed by atoms with Gasteiger partial charge in [0, 0.05) is 14.1 Å². The van der Waals surface area contributed by atoms with Gasteiger partial charge in [-0.2, -0.15) is 13.5 Å². The third-order valence-electron chi connectivity index (χ3n) is 0.632. The SMILES string of the molecule is CC(C)ON(C)C.COS(=O)(=O)O. The van der Waals surface area contributed by atoms with Gasteiger partial charge in [0.05, 0.1) is 13.2 Å². The summed E-state index contributed by atoms with van der Waals surface area (Å²) in [7, 11) is 0.458. The van der Waals surface area contributed by atoms with Crippen LogP contribution in [0.2, 0.25) is 0 Å². The Balaban J connectivity index is 0. The van der Waals surface area contributed by atoms with E-state index in [1.807, 2.05) is 27.9 Å². The van der Waals surface area contributed by atoms with E-state index in [1.165, 1.54) is 0 Å². The monoisotopic (exact) mass is 215 g/mol. The fourth-order valence-corrected chi connectivity index (χ4v) is 0.422. The van der Waals surface area contributed by atoms with Crippen molar-refractivity contribution in [3.63, 3.8) is 0 Å². The molecule has 0 aromatic carbocycles. The van der Waals surface area contributed by atoms with Crippen LogP contribution in [0.1, 0.15) is 13.8 Å². The van der Waals surface area contributed by atoms with Crippen LogP contribution < -0.4 is 0 Å². The van der Waals surface area contributed by atoms with Gasteiger partial charge in [-0.25, -0.2) is 0 Å². The lowest BCUT2D eigenvalue weighted by molar-refractivity contribution is -0.151. The molecule has 1 N–H and O–H groups in total. The van der Waals surface area contributed by atoms with E-state index < -0.39 is 10.4 Å². The lowest BCUT2D eigenvalue weighted by atomic mass is 10.5. The van der Waals surface area contributed by atoms with E-state index in [1.54, 1.807) is 5.06 Å². The zero-order valence-corrected chi connectivity index (χ0v) is 9.33. The zero-order chi connectivity index (χ0) is 11.1. The Morgan fingerprint density at radius 1 is 1.31 bits per heavy atom. The van der Waals surface area contributed by atoms with E-state index in [-0.39, 0.29) is 0 Å². The van der Waals surface area contributed by atoms with Crippen molar-refractivity contribution in [3.05, 3.63) is 0 Å².